The van der Waals surface area contributed by atoms with Crippen LogP contribution >= 0.6 is 0 Å². The van der Waals surface area contributed by atoms with Crippen LogP contribution in [0.1, 0.15) is 10.4 Å². The maximum atomic E-state index is 11.4. The molecule has 0 bridgehead atoms. The molecule has 118 valence electrons. The maximum Gasteiger partial charge on any atom is 0.248 e. The molecule has 0 atom stereocenters. The van der Waals surface area contributed by atoms with Crippen molar-refractivity contribution >= 4 is 28.4 Å². The summed E-state index contributed by atoms with van der Waals surface area (Å²) in [7, 11) is 2.10. The van der Waals surface area contributed by atoms with Gasteiger partial charge in [0.15, 0.2) is 5.82 Å². The number of primary amides is 1. The lowest BCUT2D eigenvalue weighted by molar-refractivity contribution is 0.100. The molecular weight excluding hydrogens is 296 g/mol. The van der Waals surface area contributed by atoms with E-state index in [1.54, 1.807) is 22.7 Å². The van der Waals surface area contributed by atoms with Gasteiger partial charge < -0.3 is 15.5 Å². The number of hydrogen-bond donors (Lipinski definition) is 1. The van der Waals surface area contributed by atoms with Crippen LogP contribution in [0.15, 0.2) is 18.2 Å². The highest BCUT2D eigenvalue weighted by atomic mass is 16.1. The second kappa shape index (κ2) is 5.13. The number of benzene rings is 1. The van der Waals surface area contributed by atoms with Crippen LogP contribution in [0.4, 0.5) is 5.82 Å². The third-order valence-corrected chi connectivity index (χ3v) is 4.19. The minimum absolute atomic E-state index is 0.406. The van der Waals surface area contributed by atoms with E-state index < -0.39 is 5.91 Å². The third kappa shape index (κ3) is 2.25. The van der Waals surface area contributed by atoms with Crippen LogP contribution in [-0.2, 0) is 0 Å². The van der Waals surface area contributed by atoms with Crippen molar-refractivity contribution in [2.75, 3.05) is 38.1 Å². The average Bonchev–Trinajstić information content (AvgIpc) is 3.04. The van der Waals surface area contributed by atoms with Gasteiger partial charge in [0, 0.05) is 31.7 Å². The summed E-state index contributed by atoms with van der Waals surface area (Å²) in [6.07, 6.45) is 0. The predicted molar refractivity (Wildman–Crippen MR) is 84.3 cm³/mol. The Bertz CT molecular complexity index is 896. The van der Waals surface area contributed by atoms with Crippen LogP contribution in [-0.4, -0.2) is 69.1 Å². The summed E-state index contributed by atoms with van der Waals surface area (Å²) in [4.78, 5) is 20.6. The molecule has 1 aliphatic heterocycles. The highest BCUT2D eigenvalue weighted by molar-refractivity contribution is 5.96. The van der Waals surface area contributed by atoms with Crippen molar-refractivity contribution < 1.29 is 4.79 Å². The third-order valence-electron chi connectivity index (χ3n) is 4.19. The van der Waals surface area contributed by atoms with E-state index in [9.17, 15) is 4.79 Å². The predicted octanol–water partition coefficient (Wildman–Crippen LogP) is -0.477. The van der Waals surface area contributed by atoms with E-state index in [2.05, 4.69) is 32.4 Å². The van der Waals surface area contributed by atoms with E-state index >= 15 is 0 Å². The van der Waals surface area contributed by atoms with E-state index in [0.717, 1.165) is 37.5 Å². The highest BCUT2D eigenvalue weighted by Gasteiger charge is 2.21. The van der Waals surface area contributed by atoms with Crippen LogP contribution in [0.25, 0.3) is 16.7 Å². The minimum Gasteiger partial charge on any atom is -0.366 e. The number of amides is 1. The fraction of sp³-hybridized carbons (Fsp3) is 0.357. The molecule has 1 aliphatic rings. The molecule has 0 saturated carbocycles. The summed E-state index contributed by atoms with van der Waals surface area (Å²) in [6.45, 7) is 3.68. The number of rotatable bonds is 2. The largest absolute Gasteiger partial charge is 0.366 e. The first-order valence-corrected chi connectivity index (χ1v) is 7.38. The van der Waals surface area contributed by atoms with Crippen molar-refractivity contribution in [2.24, 2.45) is 5.73 Å². The molecule has 9 nitrogen and oxygen atoms in total. The molecule has 1 saturated heterocycles. The topological polar surface area (TPSA) is 106 Å². The van der Waals surface area contributed by atoms with Gasteiger partial charge in [-0.25, -0.2) is 4.98 Å². The van der Waals surface area contributed by atoms with E-state index in [-0.39, 0.29) is 0 Å². The number of carbonyl (C=O) groups excluding carboxylic acids is 1. The number of anilines is 1. The SMILES string of the molecule is CN1CCN(c2nc3ccc(C(N)=O)cc3n3nnnc23)CC1. The van der Waals surface area contributed by atoms with Crippen molar-refractivity contribution in [2.45, 2.75) is 0 Å². The van der Waals surface area contributed by atoms with Crippen LogP contribution < -0.4 is 10.6 Å². The maximum absolute atomic E-state index is 11.4. The van der Waals surface area contributed by atoms with Crippen molar-refractivity contribution in [3.8, 4) is 0 Å². The van der Waals surface area contributed by atoms with Crippen LogP contribution in [0.3, 0.4) is 0 Å². The monoisotopic (exact) mass is 312 g/mol. The van der Waals surface area contributed by atoms with Gasteiger partial charge in [0.05, 0.1) is 11.0 Å². The Morgan fingerprint density at radius 1 is 1.22 bits per heavy atom. The summed E-state index contributed by atoms with van der Waals surface area (Å²) in [5.41, 5.74) is 7.74. The summed E-state index contributed by atoms with van der Waals surface area (Å²) in [5, 5.41) is 11.9. The van der Waals surface area contributed by atoms with Crippen molar-refractivity contribution in [3.63, 3.8) is 0 Å². The Hall–Kier alpha value is -2.81. The summed E-state index contributed by atoms with van der Waals surface area (Å²) < 4.78 is 1.61. The number of fused-ring (bicyclic) bond motifs is 3. The molecule has 0 aliphatic carbocycles. The molecular formula is C14H16N8O. The van der Waals surface area contributed by atoms with E-state index in [1.807, 2.05) is 0 Å². The molecule has 1 fully saturated rings. The Labute approximate surface area is 131 Å². The van der Waals surface area contributed by atoms with E-state index in [0.29, 0.717) is 16.7 Å². The molecule has 3 aromatic rings. The summed E-state index contributed by atoms with van der Waals surface area (Å²) >= 11 is 0. The number of nitrogens with zero attached hydrogens (tertiary/aromatic N) is 7. The van der Waals surface area contributed by atoms with Crippen molar-refractivity contribution in [1.29, 1.82) is 0 Å². The average molecular weight is 312 g/mol. The Balaban J connectivity index is 1.90. The number of carbonyl (C=O) groups is 1. The van der Waals surface area contributed by atoms with E-state index in [1.165, 1.54) is 0 Å². The second-order valence-corrected chi connectivity index (χ2v) is 5.71. The first-order valence-electron chi connectivity index (χ1n) is 7.38. The molecule has 0 spiro atoms. The van der Waals surface area contributed by atoms with Gasteiger partial charge in [0.1, 0.15) is 0 Å². The number of aromatic nitrogens is 5. The van der Waals surface area contributed by atoms with Crippen LogP contribution in [0.2, 0.25) is 0 Å². The van der Waals surface area contributed by atoms with Gasteiger partial charge in [-0.3, -0.25) is 4.79 Å². The molecule has 9 heteroatoms. The fourth-order valence-electron chi connectivity index (χ4n) is 2.82. The Morgan fingerprint density at radius 3 is 2.74 bits per heavy atom. The molecule has 2 aromatic heterocycles. The van der Waals surface area contributed by atoms with Gasteiger partial charge in [-0.2, -0.15) is 4.52 Å². The molecule has 2 N–H and O–H groups in total. The van der Waals surface area contributed by atoms with Crippen molar-refractivity contribution in [3.05, 3.63) is 23.8 Å². The van der Waals surface area contributed by atoms with Crippen LogP contribution in [0, 0.1) is 0 Å². The highest BCUT2D eigenvalue weighted by Crippen LogP contribution is 2.23. The van der Waals surface area contributed by atoms with Gasteiger partial charge in [-0.15, -0.1) is 5.10 Å². The Kier molecular flexibility index (Phi) is 3.08. The van der Waals surface area contributed by atoms with Crippen LogP contribution in [0.5, 0.6) is 0 Å². The lowest BCUT2D eigenvalue weighted by atomic mass is 10.2. The van der Waals surface area contributed by atoms with Gasteiger partial charge in [-0.05, 0) is 35.7 Å². The second-order valence-electron chi connectivity index (χ2n) is 5.71. The Morgan fingerprint density at radius 2 is 2.00 bits per heavy atom. The molecule has 4 rings (SSSR count). The quantitative estimate of drug-likeness (QED) is 0.681. The molecule has 1 amide bonds. The lowest BCUT2D eigenvalue weighted by Crippen LogP contribution is -2.45. The van der Waals surface area contributed by atoms with Gasteiger partial charge in [-0.1, -0.05) is 0 Å². The van der Waals surface area contributed by atoms with Gasteiger partial charge >= 0.3 is 0 Å². The smallest absolute Gasteiger partial charge is 0.248 e. The van der Waals surface area contributed by atoms with Gasteiger partial charge in [0.25, 0.3) is 0 Å². The fourth-order valence-corrected chi connectivity index (χ4v) is 2.82. The number of piperazine rings is 1. The number of hydrogen-bond acceptors (Lipinski definition) is 7. The lowest BCUT2D eigenvalue weighted by Gasteiger charge is -2.33. The van der Waals surface area contributed by atoms with Crippen molar-refractivity contribution in [1.82, 2.24) is 29.9 Å². The molecule has 23 heavy (non-hydrogen) atoms. The van der Waals surface area contributed by atoms with E-state index in [4.69, 9.17) is 10.7 Å². The molecule has 0 radical (unpaired) electrons. The first-order chi connectivity index (χ1) is 11.1. The summed E-state index contributed by atoms with van der Waals surface area (Å²) in [6, 6.07) is 5.11. The molecule has 0 unspecified atom stereocenters. The number of nitrogens with two attached hydrogens (primary N) is 1. The standard InChI is InChI=1S/C14H16N8O/c1-20-4-6-21(7-5-20)13-14-17-18-19-22(14)11-8-9(12(15)23)2-3-10(11)16-13/h2-3,8H,4-7H2,1H3,(H2,15,23). The zero-order chi connectivity index (χ0) is 16.0. The zero-order valence-electron chi connectivity index (χ0n) is 12.7. The minimum atomic E-state index is -0.490. The summed E-state index contributed by atoms with van der Waals surface area (Å²) in [5.74, 6) is 0.277. The molecule has 3 heterocycles. The number of likely N-dealkylation sites (N-methyl/N-ethyl adjacent to an activating group) is 1. The molecule has 1 aromatic carbocycles. The van der Waals surface area contributed by atoms with Gasteiger partial charge in [0.2, 0.25) is 11.6 Å². The zero-order valence-corrected chi connectivity index (χ0v) is 12.7. The first kappa shape index (κ1) is 13.8. The number of tetrazole rings is 1. The normalized spacial score (nSPS) is 16.3.